The lowest BCUT2D eigenvalue weighted by molar-refractivity contribution is -0.115. The fraction of sp³-hybridized carbons (Fsp3) is 0.179. The number of methoxy groups -OCH3 is 3. The molecule has 0 unspecified atom stereocenters. The SMILES string of the molecule is COC(=O)c1ccccc1NC(=O)CCSc1nnc(-c2ccc(OC)cc2)c(-c2ccc(OC)cc2)n1. The molecule has 3 aromatic carbocycles. The number of hydrogen-bond donors (Lipinski definition) is 1. The summed E-state index contributed by atoms with van der Waals surface area (Å²) in [6.07, 6.45) is 0.182. The molecule has 1 heterocycles. The normalized spacial score (nSPS) is 10.5. The highest BCUT2D eigenvalue weighted by Gasteiger charge is 2.16. The number of benzene rings is 3. The number of aromatic nitrogens is 3. The topological polar surface area (TPSA) is 113 Å². The molecule has 1 N–H and O–H groups in total. The Morgan fingerprint density at radius 3 is 2.00 bits per heavy atom. The molecule has 0 aliphatic rings. The number of hydrogen-bond acceptors (Lipinski definition) is 9. The predicted octanol–water partition coefficient (Wildman–Crippen LogP) is 5.13. The number of anilines is 1. The minimum atomic E-state index is -0.516. The molecule has 194 valence electrons. The minimum absolute atomic E-state index is 0.182. The Balaban J connectivity index is 1.50. The fourth-order valence-electron chi connectivity index (χ4n) is 3.59. The molecule has 0 atom stereocenters. The van der Waals surface area contributed by atoms with Crippen LogP contribution >= 0.6 is 11.8 Å². The first-order chi connectivity index (χ1) is 18.5. The number of carbonyl (C=O) groups is 2. The molecule has 1 aromatic heterocycles. The van der Waals surface area contributed by atoms with Crippen LogP contribution in [-0.2, 0) is 9.53 Å². The first-order valence-electron chi connectivity index (χ1n) is 11.7. The number of nitrogens with zero attached hydrogens (tertiary/aromatic N) is 3. The molecule has 38 heavy (non-hydrogen) atoms. The smallest absolute Gasteiger partial charge is 0.339 e. The van der Waals surface area contributed by atoms with E-state index in [2.05, 4.69) is 15.5 Å². The van der Waals surface area contributed by atoms with Crippen molar-refractivity contribution >= 4 is 29.3 Å². The molecule has 0 bridgehead atoms. The third kappa shape index (κ3) is 6.46. The molecule has 1 amide bonds. The highest BCUT2D eigenvalue weighted by Crippen LogP contribution is 2.32. The number of esters is 1. The van der Waals surface area contributed by atoms with Gasteiger partial charge >= 0.3 is 5.97 Å². The number of rotatable bonds is 10. The summed E-state index contributed by atoms with van der Waals surface area (Å²) in [7, 11) is 4.53. The van der Waals surface area contributed by atoms with Gasteiger partial charge in [0.1, 0.15) is 22.9 Å². The number of ether oxygens (including phenoxy) is 3. The molecule has 0 fully saturated rings. The third-order valence-corrected chi connectivity index (χ3v) is 6.40. The monoisotopic (exact) mass is 530 g/mol. The molecule has 0 saturated heterocycles. The van der Waals surface area contributed by atoms with E-state index in [9.17, 15) is 9.59 Å². The standard InChI is InChI=1S/C28H26N4O5S/c1-35-20-12-8-18(9-13-20)25-26(19-10-14-21(36-2)15-11-19)31-32-28(30-25)38-17-16-24(33)29-23-7-5-4-6-22(23)27(34)37-3/h4-15H,16-17H2,1-3H3,(H,29,33). The van der Waals surface area contributed by atoms with Crippen molar-refractivity contribution in [2.45, 2.75) is 11.6 Å². The van der Waals surface area contributed by atoms with Gasteiger partial charge in [-0.15, -0.1) is 10.2 Å². The maximum Gasteiger partial charge on any atom is 0.339 e. The summed E-state index contributed by atoms with van der Waals surface area (Å²) in [6.45, 7) is 0. The maximum atomic E-state index is 12.6. The first-order valence-corrected chi connectivity index (χ1v) is 12.6. The number of carbonyl (C=O) groups excluding carboxylic acids is 2. The van der Waals surface area contributed by atoms with Crippen molar-refractivity contribution in [3.05, 3.63) is 78.4 Å². The Hall–Kier alpha value is -4.44. The third-order valence-electron chi connectivity index (χ3n) is 5.56. The van der Waals surface area contributed by atoms with Crippen molar-refractivity contribution in [2.24, 2.45) is 0 Å². The second kappa shape index (κ2) is 12.7. The lowest BCUT2D eigenvalue weighted by Crippen LogP contribution is -2.15. The van der Waals surface area contributed by atoms with Gasteiger partial charge in [-0.25, -0.2) is 9.78 Å². The van der Waals surface area contributed by atoms with Gasteiger partial charge in [0.2, 0.25) is 11.1 Å². The van der Waals surface area contributed by atoms with Gasteiger partial charge in [0.25, 0.3) is 0 Å². The molecule has 0 spiro atoms. The number of para-hydroxylation sites is 1. The quantitative estimate of drug-likeness (QED) is 0.220. The van der Waals surface area contributed by atoms with E-state index in [-0.39, 0.29) is 12.3 Å². The molecule has 9 nitrogen and oxygen atoms in total. The predicted molar refractivity (Wildman–Crippen MR) is 146 cm³/mol. The van der Waals surface area contributed by atoms with Crippen LogP contribution < -0.4 is 14.8 Å². The molecule has 0 aliphatic heterocycles. The van der Waals surface area contributed by atoms with Gasteiger partial charge in [0.05, 0.1) is 32.6 Å². The molecular weight excluding hydrogens is 504 g/mol. The van der Waals surface area contributed by atoms with Crippen molar-refractivity contribution in [1.29, 1.82) is 0 Å². The Morgan fingerprint density at radius 2 is 1.39 bits per heavy atom. The number of thioether (sulfide) groups is 1. The average molecular weight is 531 g/mol. The Kier molecular flexibility index (Phi) is 8.89. The van der Waals surface area contributed by atoms with Crippen LogP contribution in [0.4, 0.5) is 5.69 Å². The molecule has 0 saturated carbocycles. The molecule has 4 aromatic rings. The molecule has 0 aliphatic carbocycles. The fourth-order valence-corrected chi connectivity index (χ4v) is 4.32. The highest BCUT2D eigenvalue weighted by atomic mass is 32.2. The molecular formula is C28H26N4O5S. The summed E-state index contributed by atoms with van der Waals surface area (Å²) in [5, 5.41) is 12.0. The lowest BCUT2D eigenvalue weighted by Gasteiger charge is -2.11. The summed E-state index contributed by atoms with van der Waals surface area (Å²) in [6, 6.07) is 21.8. The zero-order chi connectivity index (χ0) is 26.9. The van der Waals surface area contributed by atoms with Gasteiger partial charge in [-0.3, -0.25) is 4.79 Å². The van der Waals surface area contributed by atoms with Crippen LogP contribution in [0.15, 0.2) is 78.0 Å². The van der Waals surface area contributed by atoms with Crippen LogP contribution in [0.3, 0.4) is 0 Å². The number of amides is 1. The van der Waals surface area contributed by atoms with Crippen molar-refractivity contribution in [2.75, 3.05) is 32.4 Å². The van der Waals surface area contributed by atoms with E-state index in [0.29, 0.717) is 33.5 Å². The van der Waals surface area contributed by atoms with Gasteiger partial charge in [-0.05, 0) is 60.7 Å². The van der Waals surface area contributed by atoms with E-state index in [1.807, 2.05) is 48.5 Å². The molecule has 4 rings (SSSR count). The van der Waals surface area contributed by atoms with Crippen LogP contribution in [0, 0.1) is 0 Å². The molecule has 10 heteroatoms. The van der Waals surface area contributed by atoms with Crippen LogP contribution in [0.1, 0.15) is 16.8 Å². The summed E-state index contributed by atoms with van der Waals surface area (Å²) < 4.78 is 15.3. The minimum Gasteiger partial charge on any atom is -0.497 e. The zero-order valence-corrected chi connectivity index (χ0v) is 22.0. The van der Waals surface area contributed by atoms with E-state index in [1.54, 1.807) is 38.5 Å². The van der Waals surface area contributed by atoms with Crippen LogP contribution in [0.5, 0.6) is 11.5 Å². The van der Waals surface area contributed by atoms with Crippen molar-refractivity contribution in [3.8, 4) is 34.0 Å². The van der Waals surface area contributed by atoms with E-state index in [0.717, 1.165) is 22.6 Å². The lowest BCUT2D eigenvalue weighted by atomic mass is 10.0. The Labute approximate surface area is 224 Å². The summed E-state index contributed by atoms with van der Waals surface area (Å²) in [5.41, 5.74) is 3.67. The summed E-state index contributed by atoms with van der Waals surface area (Å²) >= 11 is 1.32. The Morgan fingerprint density at radius 1 is 0.789 bits per heavy atom. The largest absolute Gasteiger partial charge is 0.497 e. The summed E-state index contributed by atoms with van der Waals surface area (Å²) in [5.74, 6) is 1.12. The maximum absolute atomic E-state index is 12.6. The first kappa shape index (κ1) is 26.6. The van der Waals surface area contributed by atoms with E-state index < -0.39 is 5.97 Å². The van der Waals surface area contributed by atoms with E-state index in [1.165, 1.54) is 18.9 Å². The van der Waals surface area contributed by atoms with Gasteiger partial charge in [-0.1, -0.05) is 23.9 Å². The molecule has 0 radical (unpaired) electrons. The zero-order valence-electron chi connectivity index (χ0n) is 21.1. The van der Waals surface area contributed by atoms with Gasteiger partial charge in [-0.2, -0.15) is 0 Å². The van der Waals surface area contributed by atoms with E-state index in [4.69, 9.17) is 19.2 Å². The second-order valence-corrected chi connectivity index (χ2v) is 8.99. The Bertz CT molecular complexity index is 1410. The van der Waals surface area contributed by atoms with Crippen LogP contribution in [0.2, 0.25) is 0 Å². The van der Waals surface area contributed by atoms with Crippen molar-refractivity contribution in [3.63, 3.8) is 0 Å². The average Bonchev–Trinajstić information content (AvgIpc) is 2.97. The van der Waals surface area contributed by atoms with Gasteiger partial charge in [0, 0.05) is 23.3 Å². The van der Waals surface area contributed by atoms with Crippen LogP contribution in [0.25, 0.3) is 22.5 Å². The van der Waals surface area contributed by atoms with Gasteiger partial charge in [0.15, 0.2) is 0 Å². The van der Waals surface area contributed by atoms with Crippen molar-refractivity contribution in [1.82, 2.24) is 15.2 Å². The van der Waals surface area contributed by atoms with E-state index >= 15 is 0 Å². The van der Waals surface area contributed by atoms with Crippen molar-refractivity contribution < 1.29 is 23.8 Å². The highest BCUT2D eigenvalue weighted by molar-refractivity contribution is 7.99. The van der Waals surface area contributed by atoms with Crippen LogP contribution in [-0.4, -0.2) is 54.1 Å². The second-order valence-electron chi connectivity index (χ2n) is 7.93. The summed E-state index contributed by atoms with van der Waals surface area (Å²) in [4.78, 5) is 29.3. The number of nitrogens with one attached hydrogen (secondary N) is 1. The van der Waals surface area contributed by atoms with Gasteiger partial charge < -0.3 is 19.5 Å².